The van der Waals surface area contributed by atoms with E-state index in [-0.39, 0.29) is 24.1 Å². The lowest BCUT2D eigenvalue weighted by atomic mass is 9.86. The van der Waals surface area contributed by atoms with Crippen LogP contribution in [0, 0.1) is 23.4 Å². The lowest BCUT2D eigenvalue weighted by Crippen LogP contribution is -2.29. The van der Waals surface area contributed by atoms with Crippen molar-refractivity contribution in [2.24, 2.45) is 5.92 Å². The van der Waals surface area contributed by atoms with Gasteiger partial charge >= 0.3 is 0 Å². The van der Waals surface area contributed by atoms with Crippen LogP contribution in [0.4, 0.5) is 30.8 Å². The van der Waals surface area contributed by atoms with Crippen molar-refractivity contribution in [2.45, 2.75) is 69.6 Å². The zero-order valence-electron chi connectivity index (χ0n) is 20.2. The average Bonchev–Trinajstić information content (AvgIpc) is 3.21. The second-order valence-electron chi connectivity index (χ2n) is 9.86. The van der Waals surface area contributed by atoms with Crippen molar-refractivity contribution in [3.63, 3.8) is 0 Å². The van der Waals surface area contributed by atoms with Gasteiger partial charge in [-0.25, -0.2) is 23.1 Å². The first kappa shape index (κ1) is 24.8. The summed E-state index contributed by atoms with van der Waals surface area (Å²) in [6.07, 6.45) is 7.97. The van der Waals surface area contributed by atoms with E-state index in [9.17, 15) is 18.3 Å². The van der Waals surface area contributed by atoms with Gasteiger partial charge in [-0.1, -0.05) is 0 Å². The van der Waals surface area contributed by atoms with Crippen LogP contribution >= 0.6 is 0 Å². The fourth-order valence-corrected chi connectivity index (χ4v) is 5.38. The predicted molar refractivity (Wildman–Crippen MR) is 130 cm³/mol. The molecule has 0 atom stereocenters. The number of rotatable bonds is 7. The highest BCUT2D eigenvalue weighted by Crippen LogP contribution is 2.37. The molecule has 0 amide bonds. The number of ether oxygens (including phenoxy) is 1. The number of aromatic nitrogens is 4. The molecule has 0 spiro atoms. The zero-order chi connectivity index (χ0) is 25.2. The van der Waals surface area contributed by atoms with Gasteiger partial charge in [0.05, 0.1) is 12.3 Å². The van der Waals surface area contributed by atoms with Crippen molar-refractivity contribution in [2.75, 3.05) is 24.4 Å². The number of nitrogens with zero attached hydrogens (tertiary/aromatic N) is 4. The van der Waals surface area contributed by atoms with E-state index in [0.29, 0.717) is 41.8 Å². The number of benzene rings is 1. The summed E-state index contributed by atoms with van der Waals surface area (Å²) in [4.78, 5) is 13.7. The van der Waals surface area contributed by atoms with E-state index in [1.807, 2.05) is 4.57 Å². The molecule has 3 N–H and O–H groups in total. The predicted octanol–water partition coefficient (Wildman–Crippen LogP) is 5.08. The third-order valence-corrected chi connectivity index (χ3v) is 7.29. The maximum absolute atomic E-state index is 14.5. The molecule has 2 fully saturated rings. The van der Waals surface area contributed by atoms with Crippen molar-refractivity contribution in [3.05, 3.63) is 35.8 Å². The van der Waals surface area contributed by atoms with Gasteiger partial charge in [-0.2, -0.15) is 4.98 Å². The van der Waals surface area contributed by atoms with Crippen LogP contribution in [0.3, 0.4) is 0 Å². The van der Waals surface area contributed by atoms with E-state index in [4.69, 9.17) is 9.72 Å². The Morgan fingerprint density at radius 3 is 2.36 bits per heavy atom. The SMILES string of the molecule is COC[C@H]1CC[C@@H](n2c(Nc3c(F)cc(F)cc3F)nc3cnc(N[C@H]4CC[C@H](O)CC4)nc32)CC1. The number of fused-ring (bicyclic) bond motifs is 1. The van der Waals surface area contributed by atoms with Crippen LogP contribution in [0.2, 0.25) is 0 Å². The molecular formula is C25H31F3N6O2. The van der Waals surface area contributed by atoms with Crippen molar-refractivity contribution in [1.29, 1.82) is 0 Å². The Morgan fingerprint density at radius 1 is 1.00 bits per heavy atom. The molecule has 0 bridgehead atoms. The Morgan fingerprint density at radius 2 is 1.69 bits per heavy atom. The molecule has 8 nitrogen and oxygen atoms in total. The normalized spacial score (nSPS) is 24.7. The van der Waals surface area contributed by atoms with Gasteiger partial charge in [0.25, 0.3) is 0 Å². The number of aliphatic hydroxyl groups excluding tert-OH is 1. The molecule has 2 heterocycles. The van der Waals surface area contributed by atoms with Crippen molar-refractivity contribution in [3.8, 4) is 0 Å². The molecule has 0 unspecified atom stereocenters. The number of aliphatic hydroxyl groups is 1. The van der Waals surface area contributed by atoms with Gasteiger partial charge in [-0.05, 0) is 57.3 Å². The summed E-state index contributed by atoms with van der Waals surface area (Å²) in [6.45, 7) is 0.695. The summed E-state index contributed by atoms with van der Waals surface area (Å²) in [5.74, 6) is -1.93. The van der Waals surface area contributed by atoms with Crippen LogP contribution < -0.4 is 10.6 Å². The number of hydrogen-bond acceptors (Lipinski definition) is 7. The first-order chi connectivity index (χ1) is 17.4. The monoisotopic (exact) mass is 504 g/mol. The van der Waals surface area contributed by atoms with Gasteiger partial charge in [0.15, 0.2) is 17.3 Å². The van der Waals surface area contributed by atoms with Gasteiger partial charge in [0.2, 0.25) is 11.9 Å². The summed E-state index contributed by atoms with van der Waals surface area (Å²) in [6, 6.07) is 1.44. The van der Waals surface area contributed by atoms with E-state index in [2.05, 4.69) is 20.6 Å². The van der Waals surface area contributed by atoms with Crippen LogP contribution in [0.15, 0.2) is 18.3 Å². The molecule has 0 saturated heterocycles. The first-order valence-corrected chi connectivity index (χ1v) is 12.5. The number of anilines is 3. The molecule has 0 radical (unpaired) electrons. The second-order valence-corrected chi connectivity index (χ2v) is 9.86. The Hall–Kier alpha value is -2.92. The number of methoxy groups -OCH3 is 1. The minimum Gasteiger partial charge on any atom is -0.393 e. The van der Waals surface area contributed by atoms with Gasteiger partial charge in [0, 0.05) is 37.9 Å². The molecule has 3 aromatic rings. The van der Waals surface area contributed by atoms with Crippen molar-refractivity contribution in [1.82, 2.24) is 19.5 Å². The number of nitrogens with one attached hydrogen (secondary N) is 2. The molecule has 2 aliphatic carbocycles. The van der Waals surface area contributed by atoms with Gasteiger partial charge < -0.3 is 20.5 Å². The van der Waals surface area contributed by atoms with Crippen LogP contribution in [0.1, 0.15) is 57.4 Å². The fraction of sp³-hybridized carbons (Fsp3) is 0.560. The Kier molecular flexibility index (Phi) is 7.29. The molecule has 36 heavy (non-hydrogen) atoms. The smallest absolute Gasteiger partial charge is 0.224 e. The summed E-state index contributed by atoms with van der Waals surface area (Å²) in [5.41, 5.74) is 0.584. The van der Waals surface area contributed by atoms with E-state index in [0.717, 1.165) is 51.4 Å². The van der Waals surface area contributed by atoms with Crippen LogP contribution in [-0.4, -0.2) is 50.5 Å². The van der Waals surface area contributed by atoms with Crippen molar-refractivity contribution >= 4 is 28.7 Å². The minimum absolute atomic E-state index is 0.00440. The minimum atomic E-state index is -1.04. The highest BCUT2D eigenvalue weighted by molar-refractivity contribution is 5.76. The Balaban J connectivity index is 1.49. The van der Waals surface area contributed by atoms with E-state index in [1.165, 1.54) is 0 Å². The van der Waals surface area contributed by atoms with Crippen molar-refractivity contribution < 1.29 is 23.0 Å². The maximum atomic E-state index is 14.5. The third-order valence-electron chi connectivity index (χ3n) is 7.29. The standard InChI is InChI=1S/C25H31F3N6O2/c1-36-13-14-2-6-17(7-3-14)34-23-21(12-29-24(33-23)30-16-4-8-18(35)9-5-16)31-25(34)32-22-19(27)10-15(26)11-20(22)28/h10-12,14,16-18,35H,2-9,13H2,1H3,(H,31,32)(H,29,30,33)/t14-,16-,17+,18-. The van der Waals surface area contributed by atoms with Crippen LogP contribution in [0.25, 0.3) is 11.2 Å². The van der Waals surface area contributed by atoms with E-state index in [1.54, 1.807) is 13.3 Å². The van der Waals surface area contributed by atoms with Crippen LogP contribution in [-0.2, 0) is 4.74 Å². The summed E-state index contributed by atoms with van der Waals surface area (Å²) in [7, 11) is 1.70. The van der Waals surface area contributed by atoms with E-state index < -0.39 is 23.1 Å². The maximum Gasteiger partial charge on any atom is 0.224 e. The number of imidazole rings is 1. The molecule has 5 rings (SSSR count). The van der Waals surface area contributed by atoms with Gasteiger partial charge in [-0.3, -0.25) is 4.57 Å². The topological polar surface area (TPSA) is 97.1 Å². The molecule has 2 aromatic heterocycles. The van der Waals surface area contributed by atoms with Crippen LogP contribution in [0.5, 0.6) is 0 Å². The largest absolute Gasteiger partial charge is 0.393 e. The molecule has 2 aliphatic rings. The zero-order valence-corrected chi connectivity index (χ0v) is 20.2. The molecule has 2 saturated carbocycles. The quantitative estimate of drug-likeness (QED) is 0.413. The summed E-state index contributed by atoms with van der Waals surface area (Å²) >= 11 is 0. The summed E-state index contributed by atoms with van der Waals surface area (Å²) < 4.78 is 49.6. The molecular weight excluding hydrogens is 473 g/mol. The fourth-order valence-electron chi connectivity index (χ4n) is 5.38. The molecule has 194 valence electrons. The summed E-state index contributed by atoms with van der Waals surface area (Å²) in [5, 5.41) is 15.9. The average molecular weight is 505 g/mol. The van der Waals surface area contributed by atoms with E-state index >= 15 is 0 Å². The number of hydrogen-bond donors (Lipinski definition) is 3. The molecule has 0 aliphatic heterocycles. The highest BCUT2D eigenvalue weighted by atomic mass is 19.1. The lowest BCUT2D eigenvalue weighted by molar-refractivity contribution is 0.121. The first-order valence-electron chi connectivity index (χ1n) is 12.5. The second kappa shape index (κ2) is 10.6. The third kappa shape index (κ3) is 5.27. The number of halogens is 3. The molecule has 11 heteroatoms. The van der Waals surface area contributed by atoms with Gasteiger partial charge in [0.1, 0.15) is 17.0 Å². The Labute approximate surface area is 207 Å². The Bertz CT molecular complexity index is 1180. The lowest BCUT2D eigenvalue weighted by Gasteiger charge is -2.30. The molecule has 1 aromatic carbocycles. The highest BCUT2D eigenvalue weighted by Gasteiger charge is 2.28. The van der Waals surface area contributed by atoms with Gasteiger partial charge in [-0.15, -0.1) is 0 Å².